The summed E-state index contributed by atoms with van der Waals surface area (Å²) in [6, 6.07) is 9.56. The normalized spacial score (nSPS) is 21.5. The van der Waals surface area contributed by atoms with Crippen molar-refractivity contribution in [2.45, 2.75) is 18.9 Å². The summed E-state index contributed by atoms with van der Waals surface area (Å²) in [4.78, 5) is 12.1. The second-order valence-corrected chi connectivity index (χ2v) is 8.25. The van der Waals surface area contributed by atoms with E-state index in [-0.39, 0.29) is 23.6 Å². The van der Waals surface area contributed by atoms with Crippen LogP contribution in [0.15, 0.2) is 30.3 Å². The summed E-state index contributed by atoms with van der Waals surface area (Å²) >= 11 is 0. The van der Waals surface area contributed by atoms with Crippen molar-refractivity contribution < 1.29 is 17.9 Å². The lowest BCUT2D eigenvalue weighted by Gasteiger charge is -2.21. The van der Waals surface area contributed by atoms with Crippen molar-refractivity contribution in [2.75, 3.05) is 33.1 Å². The molecule has 1 aromatic carbocycles. The van der Waals surface area contributed by atoms with E-state index in [1.54, 1.807) is 0 Å². The zero-order valence-corrected chi connectivity index (χ0v) is 14.4. The van der Waals surface area contributed by atoms with Crippen LogP contribution < -0.4 is 5.32 Å². The van der Waals surface area contributed by atoms with Crippen LogP contribution in [0.25, 0.3) is 0 Å². The molecule has 1 aromatic rings. The van der Waals surface area contributed by atoms with E-state index in [0.717, 1.165) is 5.56 Å². The number of carbonyl (C=O) groups is 1. The minimum absolute atomic E-state index is 0.0103. The number of ether oxygens (including phenoxy) is 1. The molecule has 0 unspecified atom stereocenters. The maximum atomic E-state index is 12.1. The van der Waals surface area contributed by atoms with E-state index in [4.69, 9.17) is 4.74 Å². The van der Waals surface area contributed by atoms with Crippen molar-refractivity contribution in [1.82, 2.24) is 9.62 Å². The highest BCUT2D eigenvalue weighted by Gasteiger charge is 2.33. The SMILES string of the molecule is CN(C)S(=O)(=O)C[C@@H]1COC[C@H]1NC(=O)CCc1ccccc1. The van der Waals surface area contributed by atoms with Gasteiger partial charge in [-0.15, -0.1) is 0 Å². The molecule has 0 aliphatic carbocycles. The highest BCUT2D eigenvalue weighted by Crippen LogP contribution is 2.17. The number of nitrogens with zero attached hydrogens (tertiary/aromatic N) is 1. The van der Waals surface area contributed by atoms with E-state index in [2.05, 4.69) is 5.32 Å². The van der Waals surface area contributed by atoms with Crippen LogP contribution >= 0.6 is 0 Å². The fourth-order valence-corrected chi connectivity index (χ4v) is 3.69. The molecular weight excluding hydrogens is 316 g/mol. The monoisotopic (exact) mass is 340 g/mol. The molecule has 0 radical (unpaired) electrons. The van der Waals surface area contributed by atoms with Gasteiger partial charge in [-0.1, -0.05) is 30.3 Å². The fourth-order valence-electron chi connectivity index (χ4n) is 2.52. The Bertz CT molecular complexity index is 616. The minimum atomic E-state index is -3.30. The van der Waals surface area contributed by atoms with E-state index >= 15 is 0 Å². The average Bonchev–Trinajstić information content (AvgIpc) is 2.92. The molecular formula is C16H24N2O4S. The predicted octanol–water partition coefficient (Wildman–Crippen LogP) is 0.642. The van der Waals surface area contributed by atoms with Crippen LogP contribution in [0, 0.1) is 5.92 Å². The maximum absolute atomic E-state index is 12.1. The van der Waals surface area contributed by atoms with Gasteiger partial charge in [0, 0.05) is 26.4 Å². The molecule has 1 amide bonds. The van der Waals surface area contributed by atoms with E-state index in [1.165, 1.54) is 18.4 Å². The molecule has 1 saturated heterocycles. The molecule has 0 spiro atoms. The van der Waals surface area contributed by atoms with Gasteiger partial charge in [0.25, 0.3) is 0 Å². The third-order valence-corrected chi connectivity index (χ3v) is 5.97. The van der Waals surface area contributed by atoms with Crippen molar-refractivity contribution >= 4 is 15.9 Å². The van der Waals surface area contributed by atoms with Gasteiger partial charge in [0.05, 0.1) is 25.0 Å². The molecule has 0 aromatic heterocycles. The lowest BCUT2D eigenvalue weighted by molar-refractivity contribution is -0.121. The summed E-state index contributed by atoms with van der Waals surface area (Å²) < 4.78 is 30.5. The Balaban J connectivity index is 1.85. The molecule has 1 N–H and O–H groups in total. The molecule has 1 heterocycles. The Kier molecular flexibility index (Phi) is 6.15. The van der Waals surface area contributed by atoms with Gasteiger partial charge in [-0.05, 0) is 12.0 Å². The highest BCUT2D eigenvalue weighted by atomic mass is 32.2. The Hall–Kier alpha value is -1.44. The van der Waals surface area contributed by atoms with Gasteiger partial charge in [-0.2, -0.15) is 0 Å². The molecule has 128 valence electrons. The lowest BCUT2D eigenvalue weighted by Crippen LogP contribution is -2.43. The zero-order valence-electron chi connectivity index (χ0n) is 13.6. The molecule has 0 bridgehead atoms. The molecule has 2 atom stereocenters. The van der Waals surface area contributed by atoms with Gasteiger partial charge in [0.2, 0.25) is 15.9 Å². The van der Waals surface area contributed by atoms with Crippen molar-refractivity contribution in [3.05, 3.63) is 35.9 Å². The fraction of sp³-hybridized carbons (Fsp3) is 0.562. The molecule has 6 nitrogen and oxygen atoms in total. The van der Waals surface area contributed by atoms with Crippen molar-refractivity contribution in [3.63, 3.8) is 0 Å². The minimum Gasteiger partial charge on any atom is -0.379 e. The first-order chi connectivity index (χ1) is 10.9. The number of aryl methyl sites for hydroxylation is 1. The summed E-state index contributed by atoms with van der Waals surface area (Å²) in [5.41, 5.74) is 1.11. The number of rotatable bonds is 7. The number of amides is 1. The molecule has 0 saturated carbocycles. The number of sulfonamides is 1. The summed E-state index contributed by atoms with van der Waals surface area (Å²) in [5.74, 6) is -0.288. The smallest absolute Gasteiger partial charge is 0.220 e. The van der Waals surface area contributed by atoms with Crippen molar-refractivity contribution in [1.29, 1.82) is 0 Å². The summed E-state index contributed by atoms with van der Waals surface area (Å²) in [5, 5.41) is 2.91. The van der Waals surface area contributed by atoms with Gasteiger partial charge in [-0.25, -0.2) is 12.7 Å². The van der Waals surface area contributed by atoms with Crippen LogP contribution in [-0.2, 0) is 26.0 Å². The molecule has 7 heteroatoms. The maximum Gasteiger partial charge on any atom is 0.220 e. The van der Waals surface area contributed by atoms with Crippen LogP contribution in [0.4, 0.5) is 0 Å². The van der Waals surface area contributed by atoms with Gasteiger partial charge in [0.1, 0.15) is 0 Å². The van der Waals surface area contributed by atoms with Gasteiger partial charge >= 0.3 is 0 Å². The van der Waals surface area contributed by atoms with Gasteiger partial charge < -0.3 is 10.1 Å². The molecule has 1 aliphatic heterocycles. The highest BCUT2D eigenvalue weighted by molar-refractivity contribution is 7.89. The number of hydrogen-bond acceptors (Lipinski definition) is 4. The van der Waals surface area contributed by atoms with E-state index in [1.807, 2.05) is 30.3 Å². The molecule has 1 aliphatic rings. The van der Waals surface area contributed by atoms with E-state index < -0.39 is 10.0 Å². The molecule has 2 rings (SSSR count). The van der Waals surface area contributed by atoms with Crippen LogP contribution in [0.3, 0.4) is 0 Å². The van der Waals surface area contributed by atoms with Crippen LogP contribution in [0.1, 0.15) is 12.0 Å². The molecule has 23 heavy (non-hydrogen) atoms. The first-order valence-electron chi connectivity index (χ1n) is 7.70. The summed E-state index contributed by atoms with van der Waals surface area (Å²) in [7, 11) is -0.279. The van der Waals surface area contributed by atoms with E-state index in [0.29, 0.717) is 26.1 Å². The van der Waals surface area contributed by atoms with Gasteiger partial charge in [0.15, 0.2) is 0 Å². The second-order valence-electron chi connectivity index (χ2n) is 6.02. The number of nitrogens with one attached hydrogen (secondary N) is 1. The first kappa shape index (κ1) is 17.9. The van der Waals surface area contributed by atoms with Crippen LogP contribution in [0.5, 0.6) is 0 Å². The van der Waals surface area contributed by atoms with Crippen LogP contribution in [0.2, 0.25) is 0 Å². The zero-order chi connectivity index (χ0) is 16.9. The van der Waals surface area contributed by atoms with Crippen molar-refractivity contribution in [2.24, 2.45) is 5.92 Å². The Morgan fingerprint density at radius 2 is 1.96 bits per heavy atom. The third-order valence-electron chi connectivity index (χ3n) is 4.01. The summed E-state index contributed by atoms with van der Waals surface area (Å²) in [6.45, 7) is 0.724. The lowest BCUT2D eigenvalue weighted by atomic mass is 10.1. The van der Waals surface area contributed by atoms with Gasteiger partial charge in [-0.3, -0.25) is 4.79 Å². The topological polar surface area (TPSA) is 75.7 Å². The summed E-state index contributed by atoms with van der Waals surface area (Å²) in [6.07, 6.45) is 1.05. The van der Waals surface area contributed by atoms with E-state index in [9.17, 15) is 13.2 Å². The Labute approximate surface area is 137 Å². The number of carbonyl (C=O) groups excluding carboxylic acids is 1. The van der Waals surface area contributed by atoms with Crippen molar-refractivity contribution in [3.8, 4) is 0 Å². The quantitative estimate of drug-likeness (QED) is 0.790. The predicted molar refractivity (Wildman–Crippen MR) is 88.5 cm³/mol. The largest absolute Gasteiger partial charge is 0.379 e. The first-order valence-corrected chi connectivity index (χ1v) is 9.30. The number of benzene rings is 1. The third kappa shape index (κ3) is 5.30. The number of hydrogen-bond donors (Lipinski definition) is 1. The average molecular weight is 340 g/mol. The standard InChI is InChI=1S/C16H24N2O4S/c1-18(2)23(20,21)12-14-10-22-11-15(14)17-16(19)9-8-13-6-4-3-5-7-13/h3-7,14-15H,8-12H2,1-2H3,(H,17,19)/t14-,15+/m0/s1. The second kappa shape index (κ2) is 7.90. The Morgan fingerprint density at radius 1 is 1.26 bits per heavy atom. The molecule has 1 fully saturated rings. The van der Waals surface area contributed by atoms with Crippen LogP contribution in [-0.4, -0.2) is 57.7 Å². The Morgan fingerprint density at radius 3 is 2.61 bits per heavy atom.